The average molecular weight is 179 g/mol. The number of hydrogen-bond donors (Lipinski definition) is 0. The molecule has 0 radical (unpaired) electrons. The lowest BCUT2D eigenvalue weighted by Crippen LogP contribution is -2.24. The van der Waals surface area contributed by atoms with Crippen LogP contribution in [0.25, 0.3) is 0 Å². The second kappa shape index (κ2) is 3.81. The van der Waals surface area contributed by atoms with Gasteiger partial charge in [0.15, 0.2) is 0 Å². The minimum atomic E-state index is -0.560. The molecule has 0 fully saturated rings. The molecular formula is C4H18Si4. The molecule has 0 aromatic carbocycles. The lowest BCUT2D eigenvalue weighted by atomic mass is 11.8. The third-order valence-electron chi connectivity index (χ3n) is 1.28. The molecule has 0 atom stereocenters. The summed E-state index contributed by atoms with van der Waals surface area (Å²) in [6, 6.07) is 0. The van der Waals surface area contributed by atoms with Crippen molar-refractivity contribution in [3.05, 3.63) is 0 Å². The van der Waals surface area contributed by atoms with E-state index in [4.69, 9.17) is 0 Å². The van der Waals surface area contributed by atoms with E-state index in [0.717, 1.165) is 0 Å². The van der Waals surface area contributed by atoms with Gasteiger partial charge in [0, 0.05) is 17.1 Å². The standard InChI is InChI=1S/C4H18Si4/c1-8(2,3)4-6-7-5/h4,6-7H2,1-3,5H3. The van der Waals surface area contributed by atoms with Gasteiger partial charge in [-0.3, -0.25) is 0 Å². The zero-order valence-electron chi connectivity index (χ0n) is 6.62. The third kappa shape index (κ3) is 6.87. The summed E-state index contributed by atoms with van der Waals surface area (Å²) in [6.45, 7) is 7.52. The molecule has 0 aliphatic rings. The Morgan fingerprint density at radius 2 is 1.88 bits per heavy atom. The molecule has 0 aliphatic heterocycles. The fourth-order valence-electron chi connectivity index (χ4n) is 0.707. The van der Waals surface area contributed by atoms with Crippen molar-refractivity contribution in [3.63, 3.8) is 0 Å². The van der Waals surface area contributed by atoms with Crippen LogP contribution in [0, 0.1) is 0 Å². The van der Waals surface area contributed by atoms with Gasteiger partial charge in [-0.2, -0.15) is 0 Å². The smallest absolute Gasteiger partial charge is 0.0409 e. The van der Waals surface area contributed by atoms with Crippen molar-refractivity contribution in [1.29, 1.82) is 0 Å². The fraction of sp³-hybridized carbons (Fsp3) is 1.00. The first-order valence-corrected chi connectivity index (χ1v) is 17.9. The molecule has 0 spiro atoms. The second-order valence-corrected chi connectivity index (χ2v) is 26.6. The molecule has 0 unspecified atom stereocenters. The molecule has 0 rings (SSSR count). The summed E-state index contributed by atoms with van der Waals surface area (Å²) in [5.74, 6) is 0. The molecule has 50 valence electrons. The van der Waals surface area contributed by atoms with E-state index in [0.29, 0.717) is 17.6 Å². The molecule has 0 aliphatic carbocycles. The summed E-state index contributed by atoms with van der Waals surface area (Å²) in [5, 5.41) is 0. The molecule has 0 bridgehead atoms. The molecular weight excluding hydrogens is 160 g/mol. The summed E-state index contributed by atoms with van der Waals surface area (Å²) in [5.41, 5.74) is 1.74. The maximum absolute atomic E-state index is 2.51. The maximum atomic E-state index is 2.51. The highest BCUT2D eigenvalue weighted by atomic mass is 29.5. The predicted octanol–water partition coefficient (Wildman–Crippen LogP) is -1.18. The van der Waals surface area contributed by atoms with E-state index in [1.54, 1.807) is 15.4 Å². The molecule has 0 saturated heterocycles. The van der Waals surface area contributed by atoms with Crippen LogP contribution >= 0.6 is 0 Å². The van der Waals surface area contributed by atoms with Crippen LogP contribution in [0.5, 0.6) is 0 Å². The first kappa shape index (κ1) is 8.87. The number of rotatable bonds is 3. The van der Waals surface area contributed by atoms with Crippen molar-refractivity contribution in [2.75, 3.05) is 0 Å². The molecule has 0 aromatic rings. The van der Waals surface area contributed by atoms with Crippen LogP contribution in [0.2, 0.25) is 25.3 Å². The fourth-order valence-corrected chi connectivity index (χ4v) is 28.6. The van der Waals surface area contributed by atoms with Gasteiger partial charge < -0.3 is 0 Å². The lowest BCUT2D eigenvalue weighted by Gasteiger charge is -2.13. The van der Waals surface area contributed by atoms with Crippen molar-refractivity contribution in [3.8, 4) is 0 Å². The first-order valence-electron chi connectivity index (χ1n) is 3.56. The van der Waals surface area contributed by atoms with Crippen molar-refractivity contribution in [2.45, 2.75) is 25.3 Å². The predicted molar refractivity (Wildman–Crippen MR) is 55.2 cm³/mol. The van der Waals surface area contributed by atoms with Gasteiger partial charge >= 0.3 is 0 Å². The minimum absolute atomic E-state index is 0.560. The minimum Gasteiger partial charge on any atom is -0.0698 e. The Kier molecular flexibility index (Phi) is 4.22. The number of hydrogen-bond acceptors (Lipinski definition) is 0. The van der Waals surface area contributed by atoms with Crippen LogP contribution in [0.15, 0.2) is 0 Å². The second-order valence-electron chi connectivity index (χ2n) is 3.66. The Labute approximate surface area is 61.1 Å². The summed E-state index contributed by atoms with van der Waals surface area (Å²) >= 11 is 0. The third-order valence-corrected chi connectivity index (χ3v) is 21.1. The van der Waals surface area contributed by atoms with Gasteiger partial charge in [0.2, 0.25) is 0 Å². The zero-order valence-corrected chi connectivity index (χ0v) is 12.4. The molecule has 0 amide bonds. The van der Waals surface area contributed by atoms with E-state index < -0.39 is 8.07 Å². The molecule has 0 heterocycles. The van der Waals surface area contributed by atoms with Gasteiger partial charge in [0.25, 0.3) is 0 Å². The van der Waals surface area contributed by atoms with Gasteiger partial charge in [0.05, 0.1) is 0 Å². The Morgan fingerprint density at radius 1 is 1.38 bits per heavy atom. The summed E-state index contributed by atoms with van der Waals surface area (Å²) < 4.78 is 0. The van der Waals surface area contributed by atoms with Gasteiger partial charge in [-0.1, -0.05) is 25.3 Å². The van der Waals surface area contributed by atoms with E-state index >= 15 is 0 Å². The normalized spacial score (nSPS) is 15.4. The molecule has 0 N–H and O–H groups in total. The van der Waals surface area contributed by atoms with Crippen molar-refractivity contribution in [2.24, 2.45) is 0 Å². The van der Waals surface area contributed by atoms with E-state index in [2.05, 4.69) is 19.6 Å². The largest absolute Gasteiger partial charge is 0.0698 e. The van der Waals surface area contributed by atoms with Crippen LogP contribution < -0.4 is 0 Å². The van der Waals surface area contributed by atoms with E-state index in [-0.39, 0.29) is 0 Å². The average Bonchev–Trinajstić information content (AvgIpc) is 1.59. The first-order chi connectivity index (χ1) is 3.56. The van der Waals surface area contributed by atoms with E-state index in [1.165, 1.54) is 0 Å². The molecule has 0 saturated carbocycles. The Bertz CT molecular complexity index is 55.5. The van der Waals surface area contributed by atoms with Crippen LogP contribution in [0.3, 0.4) is 0 Å². The van der Waals surface area contributed by atoms with Crippen molar-refractivity contribution in [1.82, 2.24) is 0 Å². The molecule has 0 nitrogen and oxygen atoms in total. The van der Waals surface area contributed by atoms with Gasteiger partial charge in [0.1, 0.15) is 0 Å². The van der Waals surface area contributed by atoms with Crippen LogP contribution in [-0.2, 0) is 0 Å². The summed E-state index contributed by atoms with van der Waals surface area (Å²) in [7, 11) is 2.27. The zero-order chi connectivity index (χ0) is 6.62. The van der Waals surface area contributed by atoms with Crippen LogP contribution in [-0.4, -0.2) is 35.4 Å². The van der Waals surface area contributed by atoms with Crippen molar-refractivity contribution >= 4 is 35.4 Å². The summed E-state index contributed by atoms with van der Waals surface area (Å²) in [6.07, 6.45) is 0. The van der Waals surface area contributed by atoms with E-state index in [9.17, 15) is 0 Å². The summed E-state index contributed by atoms with van der Waals surface area (Å²) in [4.78, 5) is 0. The van der Waals surface area contributed by atoms with Crippen LogP contribution in [0.4, 0.5) is 0 Å². The highest BCUT2D eigenvalue weighted by Crippen LogP contribution is 2.04. The van der Waals surface area contributed by atoms with E-state index in [1.807, 2.05) is 0 Å². The highest BCUT2D eigenvalue weighted by Gasteiger charge is 2.10. The lowest BCUT2D eigenvalue weighted by molar-refractivity contribution is 1.64. The van der Waals surface area contributed by atoms with Crippen LogP contribution in [0.1, 0.15) is 0 Å². The topological polar surface area (TPSA) is 0 Å². The maximum Gasteiger partial charge on any atom is 0.0409 e. The Morgan fingerprint density at radius 3 is 2.00 bits per heavy atom. The Balaban J connectivity index is 3.11. The Hall–Kier alpha value is 0.868. The highest BCUT2D eigenvalue weighted by molar-refractivity contribution is 7.25. The van der Waals surface area contributed by atoms with Gasteiger partial charge in [-0.15, -0.1) is 0 Å². The van der Waals surface area contributed by atoms with Crippen molar-refractivity contribution < 1.29 is 0 Å². The monoisotopic (exact) mass is 178 g/mol. The van der Waals surface area contributed by atoms with Gasteiger partial charge in [-0.25, -0.2) is 0 Å². The SMILES string of the molecule is C[Si](C)(C)C[SiH2][SiH2][SiH3]. The molecule has 8 heavy (non-hydrogen) atoms. The quantitative estimate of drug-likeness (QED) is 0.477. The van der Waals surface area contributed by atoms with Gasteiger partial charge in [-0.05, 0) is 18.3 Å². The molecule has 0 aromatic heterocycles. The molecule has 4 heteroatoms.